The zero-order valence-corrected chi connectivity index (χ0v) is 12.6. The van der Waals surface area contributed by atoms with Gasteiger partial charge in [0.15, 0.2) is 5.78 Å². The Kier molecular flexibility index (Phi) is 3.46. The molecule has 116 valence electrons. The highest BCUT2D eigenvalue weighted by atomic mass is 16.5. The molecule has 2 unspecified atom stereocenters. The molecule has 23 heavy (non-hydrogen) atoms. The Hall–Kier alpha value is -2.46. The van der Waals surface area contributed by atoms with E-state index in [1.54, 1.807) is 36.4 Å². The van der Waals surface area contributed by atoms with Crippen molar-refractivity contribution in [3.05, 3.63) is 71.3 Å². The SMILES string of the molecule is O=C(c1ccccc1)c1ccccc1C(=O)N1CC2CC1CO2. The first kappa shape index (κ1) is 14.2. The molecular formula is C19H17NO3. The smallest absolute Gasteiger partial charge is 0.255 e. The average molecular weight is 307 g/mol. The third-order valence-corrected chi connectivity index (χ3v) is 4.60. The number of likely N-dealkylation sites (tertiary alicyclic amines) is 1. The summed E-state index contributed by atoms with van der Waals surface area (Å²) in [5, 5.41) is 0. The first-order valence-electron chi connectivity index (χ1n) is 7.85. The van der Waals surface area contributed by atoms with E-state index >= 15 is 0 Å². The number of carbonyl (C=O) groups excluding carboxylic acids is 2. The summed E-state index contributed by atoms with van der Waals surface area (Å²) >= 11 is 0. The van der Waals surface area contributed by atoms with Crippen LogP contribution < -0.4 is 0 Å². The van der Waals surface area contributed by atoms with Crippen molar-refractivity contribution < 1.29 is 14.3 Å². The number of morpholine rings is 1. The first-order valence-corrected chi connectivity index (χ1v) is 7.85. The predicted octanol–water partition coefficient (Wildman–Crippen LogP) is 2.53. The van der Waals surface area contributed by atoms with E-state index in [1.165, 1.54) is 0 Å². The van der Waals surface area contributed by atoms with Gasteiger partial charge in [0, 0.05) is 17.7 Å². The number of rotatable bonds is 3. The first-order chi connectivity index (χ1) is 11.2. The molecule has 2 fully saturated rings. The largest absolute Gasteiger partial charge is 0.374 e. The molecular weight excluding hydrogens is 290 g/mol. The second kappa shape index (κ2) is 5.63. The number of benzene rings is 2. The lowest BCUT2D eigenvalue weighted by Crippen LogP contribution is -2.41. The Morgan fingerprint density at radius 2 is 1.65 bits per heavy atom. The number of ketones is 1. The summed E-state index contributed by atoms with van der Waals surface area (Å²) < 4.78 is 5.55. The molecule has 4 heteroatoms. The minimum Gasteiger partial charge on any atom is -0.374 e. The third-order valence-electron chi connectivity index (χ3n) is 4.60. The van der Waals surface area contributed by atoms with Crippen molar-refractivity contribution in [2.24, 2.45) is 0 Å². The molecule has 2 aromatic rings. The van der Waals surface area contributed by atoms with E-state index in [-0.39, 0.29) is 23.8 Å². The van der Waals surface area contributed by atoms with Gasteiger partial charge in [-0.05, 0) is 12.5 Å². The van der Waals surface area contributed by atoms with Gasteiger partial charge in [0.05, 0.1) is 24.3 Å². The zero-order chi connectivity index (χ0) is 15.8. The molecule has 2 aliphatic rings. The summed E-state index contributed by atoms with van der Waals surface area (Å²) in [5.41, 5.74) is 1.54. The lowest BCUT2D eigenvalue weighted by atomic mass is 9.97. The van der Waals surface area contributed by atoms with E-state index in [0.717, 1.165) is 6.42 Å². The molecule has 2 atom stereocenters. The number of carbonyl (C=O) groups is 2. The van der Waals surface area contributed by atoms with Gasteiger partial charge >= 0.3 is 0 Å². The maximum atomic E-state index is 12.9. The topological polar surface area (TPSA) is 46.6 Å². The standard InChI is InChI=1S/C19H17NO3/c21-18(13-6-2-1-3-7-13)16-8-4-5-9-17(16)19(22)20-11-15-10-14(20)12-23-15/h1-9,14-15H,10-12H2. The van der Waals surface area contributed by atoms with Gasteiger partial charge in [-0.3, -0.25) is 9.59 Å². The second-order valence-electron chi connectivity index (χ2n) is 6.04. The maximum Gasteiger partial charge on any atom is 0.255 e. The van der Waals surface area contributed by atoms with Crippen LogP contribution >= 0.6 is 0 Å². The van der Waals surface area contributed by atoms with Crippen LogP contribution in [0.25, 0.3) is 0 Å². The molecule has 2 heterocycles. The fourth-order valence-corrected chi connectivity index (χ4v) is 3.42. The molecule has 2 aromatic carbocycles. The number of nitrogens with zero attached hydrogens (tertiary/aromatic N) is 1. The van der Waals surface area contributed by atoms with Crippen molar-refractivity contribution in [3.8, 4) is 0 Å². The van der Waals surface area contributed by atoms with Crippen LogP contribution in [0.4, 0.5) is 0 Å². The van der Waals surface area contributed by atoms with Crippen molar-refractivity contribution in [1.29, 1.82) is 0 Å². The monoisotopic (exact) mass is 307 g/mol. The van der Waals surface area contributed by atoms with Gasteiger partial charge in [-0.2, -0.15) is 0 Å². The average Bonchev–Trinajstić information content (AvgIpc) is 3.24. The van der Waals surface area contributed by atoms with E-state index < -0.39 is 0 Å². The molecule has 4 nitrogen and oxygen atoms in total. The van der Waals surface area contributed by atoms with Crippen LogP contribution in [0.15, 0.2) is 54.6 Å². The van der Waals surface area contributed by atoms with E-state index in [1.807, 2.05) is 23.1 Å². The van der Waals surface area contributed by atoms with Crippen molar-refractivity contribution in [2.75, 3.05) is 13.2 Å². The van der Waals surface area contributed by atoms with Gasteiger partial charge < -0.3 is 9.64 Å². The fourth-order valence-electron chi connectivity index (χ4n) is 3.42. The van der Waals surface area contributed by atoms with Gasteiger partial charge in [0.2, 0.25) is 0 Å². The Morgan fingerprint density at radius 3 is 2.30 bits per heavy atom. The van der Waals surface area contributed by atoms with Crippen LogP contribution in [-0.4, -0.2) is 41.9 Å². The highest BCUT2D eigenvalue weighted by Crippen LogP contribution is 2.30. The predicted molar refractivity (Wildman–Crippen MR) is 85.5 cm³/mol. The van der Waals surface area contributed by atoms with E-state index in [4.69, 9.17) is 4.74 Å². The number of hydrogen-bond acceptors (Lipinski definition) is 3. The van der Waals surface area contributed by atoms with Gasteiger partial charge in [0.1, 0.15) is 0 Å². The van der Waals surface area contributed by atoms with Gasteiger partial charge in [0.25, 0.3) is 5.91 Å². The van der Waals surface area contributed by atoms with Crippen LogP contribution in [0.1, 0.15) is 32.7 Å². The van der Waals surface area contributed by atoms with Crippen molar-refractivity contribution in [1.82, 2.24) is 4.90 Å². The lowest BCUT2D eigenvalue weighted by molar-refractivity contribution is 0.0258. The maximum absolute atomic E-state index is 12.9. The summed E-state index contributed by atoms with van der Waals surface area (Å²) in [6.45, 7) is 1.22. The molecule has 0 aromatic heterocycles. The highest BCUT2D eigenvalue weighted by Gasteiger charge is 2.42. The van der Waals surface area contributed by atoms with Crippen molar-refractivity contribution >= 4 is 11.7 Å². The van der Waals surface area contributed by atoms with Gasteiger partial charge in [-0.1, -0.05) is 48.5 Å². The Bertz CT molecular complexity index is 756. The van der Waals surface area contributed by atoms with E-state index in [9.17, 15) is 9.59 Å². The summed E-state index contributed by atoms with van der Waals surface area (Å²) in [6, 6.07) is 16.3. The van der Waals surface area contributed by atoms with Crippen LogP contribution in [0.5, 0.6) is 0 Å². The lowest BCUT2D eigenvalue weighted by Gasteiger charge is -2.27. The van der Waals surface area contributed by atoms with E-state index in [2.05, 4.69) is 0 Å². The van der Waals surface area contributed by atoms with Crippen molar-refractivity contribution in [2.45, 2.75) is 18.6 Å². The van der Waals surface area contributed by atoms with Crippen molar-refractivity contribution in [3.63, 3.8) is 0 Å². The summed E-state index contributed by atoms with van der Waals surface area (Å²) in [6.07, 6.45) is 1.06. The zero-order valence-electron chi connectivity index (χ0n) is 12.6. The fraction of sp³-hybridized carbons (Fsp3) is 0.263. The molecule has 1 amide bonds. The molecule has 2 saturated heterocycles. The Labute approximate surface area is 134 Å². The molecule has 0 saturated carbocycles. The third kappa shape index (κ3) is 2.45. The minimum atomic E-state index is -0.116. The molecule has 0 radical (unpaired) electrons. The molecule has 0 N–H and O–H groups in total. The van der Waals surface area contributed by atoms with Gasteiger partial charge in [-0.15, -0.1) is 0 Å². The van der Waals surface area contributed by atoms with Crippen LogP contribution in [0, 0.1) is 0 Å². The Balaban J connectivity index is 1.67. The number of amides is 1. The number of fused-ring (bicyclic) bond motifs is 2. The molecule has 0 spiro atoms. The Morgan fingerprint density at radius 1 is 0.957 bits per heavy atom. The molecule has 2 aliphatic heterocycles. The number of ether oxygens (including phenoxy) is 1. The van der Waals surface area contributed by atoms with Crippen LogP contribution in [-0.2, 0) is 4.74 Å². The van der Waals surface area contributed by atoms with Crippen LogP contribution in [0.2, 0.25) is 0 Å². The van der Waals surface area contributed by atoms with Gasteiger partial charge in [-0.25, -0.2) is 0 Å². The second-order valence-corrected chi connectivity index (χ2v) is 6.04. The minimum absolute atomic E-state index is 0.0688. The normalized spacial score (nSPS) is 22.3. The molecule has 4 rings (SSSR count). The number of hydrogen-bond donors (Lipinski definition) is 0. The van der Waals surface area contributed by atoms with E-state index in [0.29, 0.717) is 29.8 Å². The molecule has 0 aliphatic carbocycles. The quantitative estimate of drug-likeness (QED) is 0.819. The summed E-state index contributed by atoms with van der Waals surface area (Å²) in [4.78, 5) is 27.5. The molecule has 2 bridgehead atoms. The highest BCUT2D eigenvalue weighted by molar-refractivity contribution is 6.15. The summed E-state index contributed by atoms with van der Waals surface area (Å²) in [5.74, 6) is -0.184. The summed E-state index contributed by atoms with van der Waals surface area (Å²) in [7, 11) is 0. The van der Waals surface area contributed by atoms with Crippen LogP contribution in [0.3, 0.4) is 0 Å².